The Kier molecular flexibility index (Phi) is 1.93. The van der Waals surface area contributed by atoms with Crippen LogP contribution in [0.25, 0.3) is 0 Å². The van der Waals surface area contributed by atoms with Gasteiger partial charge in [-0.3, -0.25) is 0 Å². The summed E-state index contributed by atoms with van der Waals surface area (Å²) in [7, 11) is 0. The van der Waals surface area contributed by atoms with Gasteiger partial charge in [-0.15, -0.1) is 0 Å². The third-order valence-electron chi connectivity index (χ3n) is 1.73. The zero-order chi connectivity index (χ0) is 5.98. The lowest BCUT2D eigenvalue weighted by atomic mass is 10.5. The van der Waals surface area contributed by atoms with Crippen molar-refractivity contribution in [1.82, 2.24) is 0 Å². The molecule has 0 atom stereocenters. The van der Waals surface area contributed by atoms with Crippen LogP contribution in [0.5, 0.6) is 0 Å². The molecule has 2 saturated carbocycles. The van der Waals surface area contributed by atoms with Crippen molar-refractivity contribution in [2.75, 3.05) is 0 Å². The van der Waals surface area contributed by atoms with Crippen molar-refractivity contribution in [3.8, 4) is 0 Å². The summed E-state index contributed by atoms with van der Waals surface area (Å²) in [6.45, 7) is 4.56. The van der Waals surface area contributed by atoms with Gasteiger partial charge in [0.05, 0.1) is 0 Å². The standard InChI is InChI=1S/2C4H8/c2*1-4-2-3-4/h2*4H,2-3H2,1H3. The molecule has 0 aromatic carbocycles. The Balaban J connectivity index is 0.0000000800. The van der Waals surface area contributed by atoms with E-state index in [1.165, 1.54) is 25.7 Å². The minimum Gasteiger partial charge on any atom is -0.0625 e. The molecule has 0 heteroatoms. The van der Waals surface area contributed by atoms with E-state index in [1.807, 2.05) is 0 Å². The summed E-state index contributed by atoms with van der Waals surface area (Å²) in [4.78, 5) is 0. The van der Waals surface area contributed by atoms with Crippen molar-refractivity contribution < 1.29 is 0 Å². The second-order valence-corrected chi connectivity index (χ2v) is 3.37. The maximum absolute atomic E-state index is 2.28. The van der Waals surface area contributed by atoms with Gasteiger partial charge in [0, 0.05) is 0 Å². The highest BCUT2D eigenvalue weighted by atomic mass is 14.2. The molecule has 0 spiro atoms. The van der Waals surface area contributed by atoms with Gasteiger partial charge in [0.15, 0.2) is 0 Å². The molecule has 0 heterocycles. The number of hydrogen-bond donors (Lipinski definition) is 0. The van der Waals surface area contributed by atoms with Gasteiger partial charge >= 0.3 is 0 Å². The first-order chi connectivity index (χ1) is 3.79. The lowest BCUT2D eigenvalue weighted by molar-refractivity contribution is 0.983. The molecule has 0 unspecified atom stereocenters. The second-order valence-electron chi connectivity index (χ2n) is 3.37. The molecule has 8 heavy (non-hydrogen) atoms. The van der Waals surface area contributed by atoms with E-state index in [2.05, 4.69) is 13.8 Å². The summed E-state index contributed by atoms with van der Waals surface area (Å²) in [5.41, 5.74) is 0. The Morgan fingerprint density at radius 3 is 0.875 bits per heavy atom. The van der Waals surface area contributed by atoms with Crippen molar-refractivity contribution in [1.29, 1.82) is 0 Å². The van der Waals surface area contributed by atoms with Crippen LogP contribution < -0.4 is 0 Å². The summed E-state index contributed by atoms with van der Waals surface area (Å²) in [6.07, 6.45) is 5.94. The minimum atomic E-state index is 1.08. The van der Waals surface area contributed by atoms with Crippen LogP contribution in [0.3, 0.4) is 0 Å². The fourth-order valence-electron chi connectivity index (χ4n) is 0.333. The average Bonchev–Trinajstić information content (AvgIpc) is 2.47. The first-order valence-corrected chi connectivity index (χ1v) is 3.79. The van der Waals surface area contributed by atoms with E-state index in [0.29, 0.717) is 0 Å². The second kappa shape index (κ2) is 2.52. The van der Waals surface area contributed by atoms with Gasteiger partial charge in [0.1, 0.15) is 0 Å². The molecule has 0 radical (unpaired) electrons. The van der Waals surface area contributed by atoms with E-state index in [9.17, 15) is 0 Å². The molecule has 0 N–H and O–H groups in total. The zero-order valence-electron chi connectivity index (χ0n) is 5.98. The van der Waals surface area contributed by atoms with Gasteiger partial charge in [-0.2, -0.15) is 0 Å². The molecule has 0 nitrogen and oxygen atoms in total. The Hall–Kier alpha value is 0. The van der Waals surface area contributed by atoms with Crippen LogP contribution in [-0.4, -0.2) is 0 Å². The van der Waals surface area contributed by atoms with Crippen molar-refractivity contribution in [2.24, 2.45) is 11.8 Å². The molecule has 0 aromatic rings. The molecule has 0 bridgehead atoms. The average molecular weight is 112 g/mol. The van der Waals surface area contributed by atoms with Crippen LogP contribution in [0.2, 0.25) is 0 Å². The van der Waals surface area contributed by atoms with E-state index >= 15 is 0 Å². The lowest BCUT2D eigenvalue weighted by Crippen LogP contribution is -1.42. The molecule has 48 valence electrons. The highest BCUT2D eigenvalue weighted by Gasteiger charge is 2.13. The van der Waals surface area contributed by atoms with E-state index < -0.39 is 0 Å². The number of rotatable bonds is 0. The van der Waals surface area contributed by atoms with Crippen molar-refractivity contribution >= 4 is 0 Å². The Bertz CT molecular complexity index is 48.4. The lowest BCUT2D eigenvalue weighted by Gasteiger charge is -1.53. The molecule has 0 saturated heterocycles. The van der Waals surface area contributed by atoms with Gasteiger partial charge in [-0.05, 0) is 11.8 Å². The topological polar surface area (TPSA) is 0 Å². The Morgan fingerprint density at radius 2 is 0.875 bits per heavy atom. The SMILES string of the molecule is CC1CC1.CC1CC1. The smallest absolute Gasteiger partial charge is 0.0443 e. The van der Waals surface area contributed by atoms with Gasteiger partial charge in [-0.1, -0.05) is 39.5 Å². The zero-order valence-corrected chi connectivity index (χ0v) is 5.98. The van der Waals surface area contributed by atoms with Crippen LogP contribution in [-0.2, 0) is 0 Å². The third kappa shape index (κ3) is 4.17. The van der Waals surface area contributed by atoms with Crippen LogP contribution in [0.1, 0.15) is 39.5 Å². The van der Waals surface area contributed by atoms with Crippen LogP contribution in [0.15, 0.2) is 0 Å². The fourth-order valence-corrected chi connectivity index (χ4v) is 0.333. The predicted octanol–water partition coefficient (Wildman–Crippen LogP) is 2.83. The Morgan fingerprint density at radius 1 is 0.750 bits per heavy atom. The summed E-state index contributed by atoms with van der Waals surface area (Å²) in [5, 5.41) is 0. The molecule has 0 amide bonds. The molecule has 2 rings (SSSR count). The first-order valence-electron chi connectivity index (χ1n) is 3.79. The summed E-state index contributed by atoms with van der Waals surface area (Å²) < 4.78 is 0. The van der Waals surface area contributed by atoms with Crippen LogP contribution in [0, 0.1) is 11.8 Å². The van der Waals surface area contributed by atoms with Crippen molar-refractivity contribution in [3.63, 3.8) is 0 Å². The van der Waals surface area contributed by atoms with E-state index in [1.54, 1.807) is 0 Å². The summed E-state index contributed by atoms with van der Waals surface area (Å²) in [6, 6.07) is 0. The summed E-state index contributed by atoms with van der Waals surface area (Å²) >= 11 is 0. The highest BCUT2D eigenvalue weighted by Crippen LogP contribution is 2.27. The quantitative estimate of drug-likeness (QED) is 0.452. The summed E-state index contributed by atoms with van der Waals surface area (Å²) in [5.74, 6) is 2.17. The molecular weight excluding hydrogens is 96.1 g/mol. The molecule has 0 aliphatic heterocycles. The maximum Gasteiger partial charge on any atom is -0.0443 e. The first kappa shape index (κ1) is 6.12. The van der Waals surface area contributed by atoms with Crippen LogP contribution >= 0.6 is 0 Å². The van der Waals surface area contributed by atoms with E-state index in [0.717, 1.165) is 11.8 Å². The van der Waals surface area contributed by atoms with Gasteiger partial charge in [0.2, 0.25) is 0 Å². The van der Waals surface area contributed by atoms with Gasteiger partial charge < -0.3 is 0 Å². The minimum absolute atomic E-state index is 1.08. The highest BCUT2D eigenvalue weighted by molar-refractivity contribution is 4.65. The molecular formula is C8H16. The maximum atomic E-state index is 2.28. The van der Waals surface area contributed by atoms with Crippen molar-refractivity contribution in [3.05, 3.63) is 0 Å². The van der Waals surface area contributed by atoms with Gasteiger partial charge in [0.25, 0.3) is 0 Å². The fraction of sp³-hybridized carbons (Fsp3) is 1.00. The van der Waals surface area contributed by atoms with Gasteiger partial charge in [-0.25, -0.2) is 0 Å². The monoisotopic (exact) mass is 112 g/mol. The molecule has 0 aromatic heterocycles. The van der Waals surface area contributed by atoms with E-state index in [-0.39, 0.29) is 0 Å². The molecule has 2 fully saturated rings. The molecule has 2 aliphatic rings. The third-order valence-corrected chi connectivity index (χ3v) is 1.73. The van der Waals surface area contributed by atoms with E-state index in [4.69, 9.17) is 0 Å². The number of hydrogen-bond acceptors (Lipinski definition) is 0. The largest absolute Gasteiger partial charge is 0.0625 e. The predicted molar refractivity (Wildman–Crippen MR) is 36.8 cm³/mol. The Labute approximate surface area is 52.3 Å². The van der Waals surface area contributed by atoms with Crippen LogP contribution in [0.4, 0.5) is 0 Å². The molecule has 2 aliphatic carbocycles. The normalized spacial score (nSPS) is 26.2. The van der Waals surface area contributed by atoms with Crippen molar-refractivity contribution in [2.45, 2.75) is 39.5 Å².